The van der Waals surface area contributed by atoms with E-state index in [2.05, 4.69) is 26.0 Å². The lowest BCUT2D eigenvalue weighted by Crippen LogP contribution is -2.12. The van der Waals surface area contributed by atoms with Gasteiger partial charge in [0.05, 0.1) is 11.5 Å². The van der Waals surface area contributed by atoms with Crippen LogP contribution in [0.5, 0.6) is 0 Å². The third-order valence-corrected chi connectivity index (χ3v) is 4.60. The minimum atomic E-state index is 0.394. The fourth-order valence-corrected chi connectivity index (χ4v) is 2.91. The van der Waals surface area contributed by atoms with Crippen LogP contribution in [-0.4, -0.2) is 7.69 Å². The summed E-state index contributed by atoms with van der Waals surface area (Å²) in [4.78, 5) is 0. The normalized spacial score (nSPS) is 27.3. The molecule has 3 heteroatoms. The van der Waals surface area contributed by atoms with Crippen LogP contribution in [0.25, 0.3) is 0 Å². The van der Waals surface area contributed by atoms with Crippen molar-refractivity contribution in [3.8, 4) is 0 Å². The van der Waals surface area contributed by atoms with Crippen LogP contribution in [0.1, 0.15) is 65.2 Å². The number of hydrogen-bond donors (Lipinski definition) is 0. The maximum absolute atomic E-state index is 5.73. The Morgan fingerprint density at radius 1 is 0.947 bits per heavy atom. The van der Waals surface area contributed by atoms with E-state index < -0.39 is 0 Å². The topological polar surface area (TPSA) is 18.5 Å². The molecule has 0 bridgehead atoms. The molecule has 0 aromatic rings. The van der Waals surface area contributed by atoms with Crippen LogP contribution in [0.4, 0.5) is 0 Å². The van der Waals surface area contributed by atoms with E-state index in [9.17, 15) is 0 Å². The molecule has 2 nitrogen and oxygen atoms in total. The third kappa shape index (κ3) is 4.63. The van der Waals surface area contributed by atoms with E-state index in [1.807, 2.05) is 0 Å². The minimum Gasteiger partial charge on any atom is -0.532 e. The SMILES string of the molecule is CCC1CC=C(OBOC2=CCC(CC)CC2)CC1. The molecule has 0 aliphatic heterocycles. The van der Waals surface area contributed by atoms with Gasteiger partial charge in [0, 0.05) is 12.8 Å². The van der Waals surface area contributed by atoms with Gasteiger partial charge in [0.25, 0.3) is 0 Å². The average Bonchev–Trinajstić information content (AvgIpc) is 2.49. The summed E-state index contributed by atoms with van der Waals surface area (Å²) in [7, 11) is 0.394. The highest BCUT2D eigenvalue weighted by Crippen LogP contribution is 2.28. The summed E-state index contributed by atoms with van der Waals surface area (Å²) in [5.74, 6) is 3.99. The molecule has 2 atom stereocenters. The summed E-state index contributed by atoms with van der Waals surface area (Å²) >= 11 is 0. The van der Waals surface area contributed by atoms with Crippen molar-refractivity contribution in [1.29, 1.82) is 0 Å². The van der Waals surface area contributed by atoms with E-state index in [0.717, 1.165) is 36.2 Å². The van der Waals surface area contributed by atoms with Gasteiger partial charge in [0.2, 0.25) is 0 Å². The van der Waals surface area contributed by atoms with E-state index in [-0.39, 0.29) is 0 Å². The van der Waals surface area contributed by atoms with Crippen molar-refractivity contribution >= 4 is 7.69 Å². The molecule has 0 radical (unpaired) electrons. The lowest BCUT2D eigenvalue weighted by Gasteiger charge is -2.23. The standard InChI is InChI=1S/C16H27BO2/c1-3-13-5-9-15(10-6-13)18-17-19-16-11-7-14(4-2)8-12-16/h9,11,13-14,17H,3-8,10,12H2,1-2H3. The van der Waals surface area contributed by atoms with Gasteiger partial charge < -0.3 is 9.31 Å². The van der Waals surface area contributed by atoms with Crippen molar-refractivity contribution in [3.63, 3.8) is 0 Å². The van der Waals surface area contributed by atoms with Crippen LogP contribution in [0, 0.1) is 11.8 Å². The van der Waals surface area contributed by atoms with Gasteiger partial charge in [-0.05, 0) is 49.7 Å². The second kappa shape index (κ2) is 7.67. The molecule has 2 unspecified atom stereocenters. The van der Waals surface area contributed by atoms with Crippen molar-refractivity contribution in [1.82, 2.24) is 0 Å². The van der Waals surface area contributed by atoms with Gasteiger partial charge in [-0.25, -0.2) is 0 Å². The lowest BCUT2D eigenvalue weighted by atomic mass is 9.91. The molecule has 0 spiro atoms. The van der Waals surface area contributed by atoms with Gasteiger partial charge in [-0.2, -0.15) is 0 Å². The maximum atomic E-state index is 5.73. The van der Waals surface area contributed by atoms with Crippen molar-refractivity contribution in [2.45, 2.75) is 65.2 Å². The highest BCUT2D eigenvalue weighted by atomic mass is 16.6. The predicted molar refractivity (Wildman–Crippen MR) is 80.7 cm³/mol. The summed E-state index contributed by atoms with van der Waals surface area (Å²) < 4.78 is 11.5. The highest BCUT2D eigenvalue weighted by molar-refractivity contribution is 6.19. The molecule has 0 fully saturated rings. The minimum absolute atomic E-state index is 0.394. The maximum Gasteiger partial charge on any atom is 0.576 e. The van der Waals surface area contributed by atoms with Gasteiger partial charge in [-0.15, -0.1) is 0 Å². The van der Waals surface area contributed by atoms with Crippen LogP contribution in [-0.2, 0) is 9.31 Å². The van der Waals surface area contributed by atoms with Gasteiger partial charge >= 0.3 is 7.69 Å². The monoisotopic (exact) mass is 262 g/mol. The molecule has 2 aliphatic rings. The van der Waals surface area contributed by atoms with Crippen LogP contribution in [0.2, 0.25) is 0 Å². The summed E-state index contributed by atoms with van der Waals surface area (Å²) in [5, 5.41) is 0. The first-order valence-electron chi connectivity index (χ1n) is 7.95. The quantitative estimate of drug-likeness (QED) is 0.657. The zero-order valence-electron chi connectivity index (χ0n) is 12.5. The van der Waals surface area contributed by atoms with Crippen molar-refractivity contribution in [2.75, 3.05) is 0 Å². The first-order chi connectivity index (χ1) is 9.31. The smallest absolute Gasteiger partial charge is 0.532 e. The average molecular weight is 262 g/mol. The summed E-state index contributed by atoms with van der Waals surface area (Å²) in [5.41, 5.74) is 0. The van der Waals surface area contributed by atoms with Crippen molar-refractivity contribution in [3.05, 3.63) is 23.7 Å². The van der Waals surface area contributed by atoms with Gasteiger partial charge in [0.15, 0.2) is 0 Å². The van der Waals surface area contributed by atoms with Crippen LogP contribution >= 0.6 is 0 Å². The van der Waals surface area contributed by atoms with Gasteiger partial charge in [-0.1, -0.05) is 26.7 Å². The lowest BCUT2D eigenvalue weighted by molar-refractivity contribution is 0.275. The molecule has 2 aliphatic carbocycles. The molecular weight excluding hydrogens is 235 g/mol. The molecule has 2 rings (SSSR count). The third-order valence-electron chi connectivity index (χ3n) is 4.60. The van der Waals surface area contributed by atoms with E-state index in [4.69, 9.17) is 9.31 Å². The predicted octanol–water partition coefficient (Wildman–Crippen LogP) is 4.47. The van der Waals surface area contributed by atoms with E-state index in [0.29, 0.717) is 7.69 Å². The Kier molecular flexibility index (Phi) is 5.87. The second-order valence-corrected chi connectivity index (χ2v) is 5.84. The van der Waals surface area contributed by atoms with Crippen LogP contribution in [0.15, 0.2) is 23.7 Å². The number of allylic oxidation sites excluding steroid dienone is 4. The van der Waals surface area contributed by atoms with Gasteiger partial charge in [0.1, 0.15) is 0 Å². The second-order valence-electron chi connectivity index (χ2n) is 5.84. The Labute approximate surface area is 118 Å². The summed E-state index contributed by atoms with van der Waals surface area (Å²) in [6, 6.07) is 0. The Balaban J connectivity index is 1.65. The Morgan fingerprint density at radius 2 is 1.42 bits per heavy atom. The summed E-state index contributed by atoms with van der Waals surface area (Å²) in [6.45, 7) is 4.54. The Bertz CT molecular complexity index is 304. The molecule has 0 amide bonds. The molecule has 0 saturated carbocycles. The van der Waals surface area contributed by atoms with Crippen LogP contribution < -0.4 is 0 Å². The molecule has 0 aromatic heterocycles. The van der Waals surface area contributed by atoms with Crippen LogP contribution in [0.3, 0.4) is 0 Å². The van der Waals surface area contributed by atoms with Crippen molar-refractivity contribution in [2.24, 2.45) is 11.8 Å². The molecule has 0 aromatic carbocycles. The van der Waals surface area contributed by atoms with E-state index >= 15 is 0 Å². The largest absolute Gasteiger partial charge is 0.576 e. The van der Waals surface area contributed by atoms with E-state index in [1.165, 1.54) is 38.5 Å². The van der Waals surface area contributed by atoms with Crippen molar-refractivity contribution < 1.29 is 9.31 Å². The fourth-order valence-electron chi connectivity index (χ4n) is 2.91. The zero-order chi connectivity index (χ0) is 13.5. The Morgan fingerprint density at radius 3 is 1.74 bits per heavy atom. The molecule has 106 valence electrons. The number of rotatable bonds is 6. The number of hydrogen-bond acceptors (Lipinski definition) is 2. The molecule has 0 saturated heterocycles. The first-order valence-corrected chi connectivity index (χ1v) is 7.95. The molecule has 0 N–H and O–H groups in total. The summed E-state index contributed by atoms with van der Waals surface area (Å²) in [6.07, 6.45) is 14.1. The first kappa shape index (κ1) is 14.6. The fraction of sp³-hybridized carbons (Fsp3) is 0.750. The molecule has 0 heterocycles. The molecular formula is C16H27BO2. The van der Waals surface area contributed by atoms with Gasteiger partial charge in [-0.3, -0.25) is 0 Å². The Hall–Kier alpha value is -0.855. The molecule has 19 heavy (non-hydrogen) atoms. The van der Waals surface area contributed by atoms with E-state index in [1.54, 1.807) is 0 Å². The highest BCUT2D eigenvalue weighted by Gasteiger charge is 2.16. The zero-order valence-corrected chi connectivity index (χ0v) is 12.5.